The van der Waals surface area contributed by atoms with E-state index >= 15 is 0 Å². The van der Waals surface area contributed by atoms with Gasteiger partial charge in [-0.3, -0.25) is 4.57 Å². The normalized spacial score (nSPS) is 22.5. The van der Waals surface area contributed by atoms with Gasteiger partial charge in [-0.25, -0.2) is 4.98 Å². The molecule has 0 bridgehead atoms. The minimum absolute atomic E-state index is 0.0200. The van der Waals surface area contributed by atoms with Crippen molar-refractivity contribution < 1.29 is 23.4 Å². The van der Waals surface area contributed by atoms with E-state index in [4.69, 9.17) is 14.2 Å². The first-order valence-electron chi connectivity index (χ1n) is 11.3. The van der Waals surface area contributed by atoms with Crippen molar-refractivity contribution in [3.8, 4) is 11.9 Å². The molecule has 0 amide bonds. The summed E-state index contributed by atoms with van der Waals surface area (Å²) < 4.78 is 34.2. The number of aryl methyl sites for hydroxylation is 1. The number of pyridine rings is 1. The molecule has 0 aliphatic heterocycles. The molecule has 1 atom stereocenters. The average molecular weight is 434 g/mol. The van der Waals surface area contributed by atoms with Gasteiger partial charge in [0.25, 0.3) is 11.9 Å². The summed E-state index contributed by atoms with van der Waals surface area (Å²) in [5.74, 6) is 0.515. The number of ether oxygens (including phenoxy) is 3. The van der Waals surface area contributed by atoms with Crippen LogP contribution in [0.5, 0.6) is 11.9 Å². The SMILES string of the molecule is CC(=O)C[C@@H](C)COC1CCC(Oc2nc3cnc(OCC4CC4)c(F)c3n2C)CC1. The molecule has 7 nitrogen and oxygen atoms in total. The van der Waals surface area contributed by atoms with Gasteiger partial charge in [0.05, 0.1) is 18.9 Å². The summed E-state index contributed by atoms with van der Waals surface area (Å²) >= 11 is 0. The van der Waals surface area contributed by atoms with Crippen LogP contribution >= 0.6 is 0 Å². The van der Waals surface area contributed by atoms with E-state index in [9.17, 15) is 9.18 Å². The molecule has 2 aromatic heterocycles. The fraction of sp³-hybridized carbons (Fsp3) is 0.696. The number of aromatic nitrogens is 3. The summed E-state index contributed by atoms with van der Waals surface area (Å²) in [5.41, 5.74) is 0.817. The quantitative estimate of drug-likeness (QED) is 0.559. The second-order valence-corrected chi connectivity index (χ2v) is 9.18. The van der Waals surface area contributed by atoms with Crippen molar-refractivity contribution in [2.75, 3.05) is 13.2 Å². The smallest absolute Gasteiger partial charge is 0.297 e. The number of fused-ring (bicyclic) bond motifs is 1. The number of imidazole rings is 1. The van der Waals surface area contributed by atoms with Gasteiger partial charge in [-0.15, -0.1) is 0 Å². The molecule has 2 heterocycles. The number of ketones is 1. The van der Waals surface area contributed by atoms with Crippen LogP contribution in [-0.2, 0) is 16.6 Å². The van der Waals surface area contributed by atoms with Crippen molar-refractivity contribution in [2.24, 2.45) is 18.9 Å². The van der Waals surface area contributed by atoms with Crippen molar-refractivity contribution in [3.63, 3.8) is 0 Å². The number of hydrogen-bond donors (Lipinski definition) is 0. The first-order chi connectivity index (χ1) is 14.9. The van der Waals surface area contributed by atoms with Crippen molar-refractivity contribution >= 4 is 16.8 Å². The zero-order valence-electron chi connectivity index (χ0n) is 18.6. The molecule has 0 aromatic carbocycles. The first kappa shape index (κ1) is 22.0. The maximum atomic E-state index is 14.9. The predicted molar refractivity (Wildman–Crippen MR) is 114 cm³/mol. The van der Waals surface area contributed by atoms with Gasteiger partial charge in [0.2, 0.25) is 5.82 Å². The Balaban J connectivity index is 1.32. The number of halogens is 1. The van der Waals surface area contributed by atoms with Gasteiger partial charge in [0, 0.05) is 20.1 Å². The monoisotopic (exact) mass is 433 g/mol. The molecule has 8 heteroatoms. The van der Waals surface area contributed by atoms with Crippen molar-refractivity contribution in [3.05, 3.63) is 12.0 Å². The largest absolute Gasteiger partial charge is 0.475 e. The van der Waals surface area contributed by atoms with Gasteiger partial charge >= 0.3 is 0 Å². The lowest BCUT2D eigenvalue weighted by Gasteiger charge is -2.29. The number of carbonyl (C=O) groups is 1. The Morgan fingerprint density at radius 3 is 2.61 bits per heavy atom. The molecule has 2 aliphatic carbocycles. The lowest BCUT2D eigenvalue weighted by atomic mass is 9.95. The Hall–Kier alpha value is -2.22. The van der Waals surface area contributed by atoms with E-state index in [0.29, 0.717) is 42.6 Å². The van der Waals surface area contributed by atoms with Crippen LogP contribution in [0, 0.1) is 17.7 Å². The number of carbonyl (C=O) groups excluding carboxylic acids is 1. The Bertz CT molecular complexity index is 919. The third-order valence-corrected chi connectivity index (χ3v) is 6.08. The third-order valence-electron chi connectivity index (χ3n) is 6.08. The van der Waals surface area contributed by atoms with Crippen molar-refractivity contribution in [2.45, 2.75) is 71.0 Å². The highest BCUT2D eigenvalue weighted by Gasteiger charge is 2.27. The second-order valence-electron chi connectivity index (χ2n) is 9.18. The summed E-state index contributed by atoms with van der Waals surface area (Å²) in [4.78, 5) is 19.7. The lowest BCUT2D eigenvalue weighted by Crippen LogP contribution is -2.30. The Morgan fingerprint density at radius 2 is 1.94 bits per heavy atom. The Morgan fingerprint density at radius 1 is 1.23 bits per heavy atom. The standard InChI is InChI=1S/C23H32FN3O4/c1-14(10-15(2)28)12-29-17-6-8-18(9-7-17)31-23-26-19-11-25-22(30-13-16-4-5-16)20(24)21(19)27(23)3/h11,14,16-18H,4-10,12-13H2,1-3H3/t14-,17?,18?/m1/s1. The van der Waals surface area contributed by atoms with Crippen LogP contribution in [0.4, 0.5) is 4.39 Å². The van der Waals surface area contributed by atoms with Crippen LogP contribution in [0.25, 0.3) is 11.0 Å². The minimum atomic E-state index is -0.486. The number of hydrogen-bond acceptors (Lipinski definition) is 6. The van der Waals surface area contributed by atoms with Gasteiger partial charge in [-0.05, 0) is 57.3 Å². The number of rotatable bonds is 10. The summed E-state index contributed by atoms with van der Waals surface area (Å²) in [6, 6.07) is 0.398. The molecule has 2 saturated carbocycles. The van der Waals surface area contributed by atoms with Crippen molar-refractivity contribution in [1.82, 2.24) is 14.5 Å². The molecule has 31 heavy (non-hydrogen) atoms. The highest BCUT2D eigenvalue weighted by atomic mass is 19.1. The molecule has 2 aromatic rings. The van der Waals surface area contributed by atoms with Crippen LogP contribution in [0.3, 0.4) is 0 Å². The number of Topliss-reactive ketones (excluding diaryl/α,β-unsaturated/α-hetero) is 1. The van der Waals surface area contributed by atoms with Crippen LogP contribution in [0.2, 0.25) is 0 Å². The zero-order valence-corrected chi connectivity index (χ0v) is 18.6. The van der Waals surface area contributed by atoms with Gasteiger partial charge in [-0.2, -0.15) is 9.37 Å². The molecule has 4 rings (SSSR count). The zero-order chi connectivity index (χ0) is 22.0. The van der Waals surface area contributed by atoms with Crippen LogP contribution in [0.15, 0.2) is 6.20 Å². The fourth-order valence-corrected chi connectivity index (χ4v) is 4.13. The predicted octanol–water partition coefficient (Wildman–Crippen LogP) is 4.22. The summed E-state index contributed by atoms with van der Waals surface area (Å²) in [7, 11) is 1.75. The highest BCUT2D eigenvalue weighted by molar-refractivity contribution is 5.77. The van der Waals surface area contributed by atoms with Gasteiger partial charge in [-0.1, -0.05) is 6.92 Å². The summed E-state index contributed by atoms with van der Waals surface area (Å²) in [6.45, 7) is 4.77. The van der Waals surface area contributed by atoms with Gasteiger partial charge in [0.15, 0.2) is 0 Å². The van der Waals surface area contributed by atoms with E-state index in [0.717, 1.165) is 38.5 Å². The van der Waals surface area contributed by atoms with E-state index in [1.807, 2.05) is 6.92 Å². The van der Waals surface area contributed by atoms with E-state index in [-0.39, 0.29) is 29.8 Å². The maximum Gasteiger partial charge on any atom is 0.297 e. The van der Waals surface area contributed by atoms with Gasteiger partial charge < -0.3 is 19.0 Å². The Labute approximate surface area is 182 Å². The molecule has 0 unspecified atom stereocenters. The van der Waals surface area contributed by atoms with Crippen LogP contribution < -0.4 is 9.47 Å². The van der Waals surface area contributed by atoms with E-state index in [2.05, 4.69) is 9.97 Å². The molecule has 0 spiro atoms. The summed E-state index contributed by atoms with van der Waals surface area (Å²) in [6.07, 6.45) is 8.10. The highest BCUT2D eigenvalue weighted by Crippen LogP contribution is 2.32. The fourth-order valence-electron chi connectivity index (χ4n) is 4.13. The third kappa shape index (κ3) is 5.53. The van der Waals surface area contributed by atoms with Gasteiger partial charge in [0.1, 0.15) is 22.9 Å². The van der Waals surface area contributed by atoms with Crippen molar-refractivity contribution in [1.29, 1.82) is 0 Å². The molecular weight excluding hydrogens is 401 g/mol. The molecule has 170 valence electrons. The van der Waals surface area contributed by atoms with E-state index < -0.39 is 5.82 Å². The van der Waals surface area contributed by atoms with Crippen LogP contribution in [-0.4, -0.2) is 45.7 Å². The van der Waals surface area contributed by atoms with E-state index in [1.165, 1.54) is 0 Å². The molecule has 0 saturated heterocycles. The molecule has 2 fully saturated rings. The second kappa shape index (κ2) is 9.51. The molecule has 0 radical (unpaired) electrons. The molecule has 2 aliphatic rings. The Kier molecular flexibility index (Phi) is 6.74. The van der Waals surface area contributed by atoms with E-state index in [1.54, 1.807) is 24.7 Å². The minimum Gasteiger partial charge on any atom is -0.475 e. The number of nitrogens with zero attached hydrogens (tertiary/aromatic N) is 3. The lowest BCUT2D eigenvalue weighted by molar-refractivity contribution is -0.118. The maximum absolute atomic E-state index is 14.9. The molecular formula is C23H32FN3O4. The first-order valence-corrected chi connectivity index (χ1v) is 11.3. The topological polar surface area (TPSA) is 75.5 Å². The molecule has 0 N–H and O–H groups in total. The van der Waals surface area contributed by atoms with Crippen LogP contribution in [0.1, 0.15) is 58.8 Å². The summed E-state index contributed by atoms with van der Waals surface area (Å²) in [5, 5.41) is 0. The average Bonchev–Trinajstić information content (AvgIpc) is 3.50.